The van der Waals surface area contributed by atoms with Crippen LogP contribution in [-0.2, 0) is 38.7 Å². The van der Waals surface area contributed by atoms with E-state index in [1.807, 2.05) is 54.6 Å². The predicted octanol–water partition coefficient (Wildman–Crippen LogP) is 3.62. The average molecular weight is 527 g/mol. The van der Waals surface area contributed by atoms with Crippen LogP contribution in [0.5, 0.6) is 11.5 Å². The molecule has 204 valence electrons. The molecule has 2 aromatic carbocycles. The highest BCUT2D eigenvalue weighted by Gasteiger charge is 2.38. The standard InChI is InChI=1S/C29H34O9/c1-29(20-5-11-23(12-6-20)36-17-26(30)33-2,21-7-13-24(14-8-21)37-18-27(31)34-3)22-9-15-25(16-10-22)38-19-28(32)35-4/h5-9,11-15,22,25H,10,16-19H2,1-4H3. The molecule has 0 N–H and O–H groups in total. The van der Waals surface area contributed by atoms with E-state index in [1.54, 1.807) is 0 Å². The molecule has 0 bridgehead atoms. The fraction of sp³-hybridized carbons (Fsp3) is 0.414. The summed E-state index contributed by atoms with van der Waals surface area (Å²) < 4.78 is 30.7. The van der Waals surface area contributed by atoms with E-state index in [0.717, 1.165) is 24.0 Å². The van der Waals surface area contributed by atoms with Gasteiger partial charge in [0.05, 0.1) is 27.4 Å². The number of methoxy groups -OCH3 is 3. The second-order valence-electron chi connectivity index (χ2n) is 8.98. The van der Waals surface area contributed by atoms with E-state index in [1.165, 1.54) is 21.3 Å². The minimum atomic E-state index is -0.454. The zero-order chi connectivity index (χ0) is 27.5. The first-order valence-electron chi connectivity index (χ1n) is 12.3. The van der Waals surface area contributed by atoms with Crippen LogP contribution in [0.1, 0.15) is 30.9 Å². The SMILES string of the molecule is COC(=O)COc1ccc(C(C)(c2ccc(OCC(=O)OC)cc2)C2C=CC(OCC(=O)OC)CC2)cc1. The molecule has 0 radical (unpaired) electrons. The number of hydrogen-bond donors (Lipinski definition) is 0. The molecule has 0 amide bonds. The quantitative estimate of drug-likeness (QED) is 0.233. The van der Waals surface area contributed by atoms with Gasteiger partial charge in [0.25, 0.3) is 0 Å². The van der Waals surface area contributed by atoms with Crippen LogP contribution in [0.3, 0.4) is 0 Å². The molecule has 2 unspecified atom stereocenters. The maximum atomic E-state index is 11.5. The highest BCUT2D eigenvalue weighted by atomic mass is 16.6. The van der Waals surface area contributed by atoms with Gasteiger partial charge in [-0.25, -0.2) is 14.4 Å². The summed E-state index contributed by atoms with van der Waals surface area (Å²) in [7, 11) is 3.96. The largest absolute Gasteiger partial charge is 0.482 e. The molecule has 0 saturated carbocycles. The van der Waals surface area contributed by atoms with Crippen molar-refractivity contribution in [2.45, 2.75) is 31.3 Å². The molecule has 9 heteroatoms. The Morgan fingerprint density at radius 3 is 1.53 bits per heavy atom. The van der Waals surface area contributed by atoms with E-state index in [2.05, 4.69) is 27.2 Å². The molecule has 2 aromatic rings. The lowest BCUT2D eigenvalue weighted by atomic mass is 9.64. The van der Waals surface area contributed by atoms with Crippen LogP contribution >= 0.6 is 0 Å². The van der Waals surface area contributed by atoms with E-state index in [0.29, 0.717) is 11.5 Å². The fourth-order valence-corrected chi connectivity index (χ4v) is 4.44. The van der Waals surface area contributed by atoms with Gasteiger partial charge >= 0.3 is 17.9 Å². The number of benzene rings is 2. The minimum Gasteiger partial charge on any atom is -0.482 e. The first kappa shape index (κ1) is 28.7. The Morgan fingerprint density at radius 1 is 0.684 bits per heavy atom. The zero-order valence-electron chi connectivity index (χ0n) is 22.1. The smallest absolute Gasteiger partial charge is 0.343 e. The summed E-state index contributed by atoms with van der Waals surface area (Å²) >= 11 is 0. The molecule has 2 atom stereocenters. The summed E-state index contributed by atoms with van der Waals surface area (Å²) in [6.07, 6.45) is 5.53. The van der Waals surface area contributed by atoms with Crippen molar-refractivity contribution >= 4 is 17.9 Å². The van der Waals surface area contributed by atoms with Gasteiger partial charge in [-0.2, -0.15) is 0 Å². The summed E-state index contributed by atoms with van der Waals surface area (Å²) in [5, 5.41) is 0. The lowest BCUT2D eigenvalue weighted by molar-refractivity contribution is -0.147. The van der Waals surface area contributed by atoms with Gasteiger partial charge in [-0.1, -0.05) is 43.3 Å². The van der Waals surface area contributed by atoms with Gasteiger partial charge < -0.3 is 28.4 Å². The first-order chi connectivity index (χ1) is 18.3. The molecule has 1 aliphatic rings. The molecule has 38 heavy (non-hydrogen) atoms. The van der Waals surface area contributed by atoms with Gasteiger partial charge in [0, 0.05) is 5.41 Å². The van der Waals surface area contributed by atoms with Crippen molar-refractivity contribution in [1.82, 2.24) is 0 Å². The second-order valence-corrected chi connectivity index (χ2v) is 8.98. The molecule has 0 heterocycles. The molecule has 0 spiro atoms. The fourth-order valence-electron chi connectivity index (χ4n) is 4.44. The number of carbonyl (C=O) groups excluding carboxylic acids is 3. The number of allylic oxidation sites excluding steroid dienone is 1. The summed E-state index contributed by atoms with van der Waals surface area (Å²) in [4.78, 5) is 34.3. The average Bonchev–Trinajstić information content (AvgIpc) is 2.97. The summed E-state index contributed by atoms with van der Waals surface area (Å²) in [5.74, 6) is -0.0833. The Morgan fingerprint density at radius 2 is 1.13 bits per heavy atom. The van der Waals surface area contributed by atoms with Crippen LogP contribution in [-0.4, -0.2) is 65.2 Å². The van der Waals surface area contributed by atoms with Crippen LogP contribution in [0.25, 0.3) is 0 Å². The topological polar surface area (TPSA) is 107 Å². The lowest BCUT2D eigenvalue weighted by Crippen LogP contribution is -2.35. The van der Waals surface area contributed by atoms with Crippen LogP contribution in [0, 0.1) is 5.92 Å². The van der Waals surface area contributed by atoms with Crippen molar-refractivity contribution in [1.29, 1.82) is 0 Å². The van der Waals surface area contributed by atoms with Crippen molar-refractivity contribution in [3.8, 4) is 11.5 Å². The van der Waals surface area contributed by atoms with Crippen molar-refractivity contribution < 1.29 is 42.8 Å². The number of carbonyl (C=O) groups is 3. The Labute approximate surface area is 222 Å². The molecule has 9 nitrogen and oxygen atoms in total. The van der Waals surface area contributed by atoms with Crippen LogP contribution in [0.2, 0.25) is 0 Å². The van der Waals surface area contributed by atoms with Crippen molar-refractivity contribution in [2.24, 2.45) is 5.92 Å². The number of esters is 3. The van der Waals surface area contributed by atoms with Crippen LogP contribution in [0.15, 0.2) is 60.7 Å². The normalized spacial score (nSPS) is 16.8. The third-order valence-electron chi connectivity index (χ3n) is 6.78. The third-order valence-corrected chi connectivity index (χ3v) is 6.78. The number of hydrogen-bond acceptors (Lipinski definition) is 9. The molecule has 0 aromatic heterocycles. The van der Waals surface area contributed by atoms with E-state index in [-0.39, 0.29) is 31.8 Å². The Bertz CT molecular complexity index is 1040. The van der Waals surface area contributed by atoms with Crippen molar-refractivity contribution in [2.75, 3.05) is 41.2 Å². The van der Waals surface area contributed by atoms with E-state index in [4.69, 9.17) is 14.2 Å². The van der Waals surface area contributed by atoms with Gasteiger partial charge in [-0.15, -0.1) is 0 Å². The third kappa shape index (κ3) is 7.35. The first-order valence-corrected chi connectivity index (χ1v) is 12.3. The van der Waals surface area contributed by atoms with Gasteiger partial charge in [0.2, 0.25) is 0 Å². The van der Waals surface area contributed by atoms with Gasteiger partial charge in [0.15, 0.2) is 13.2 Å². The number of ether oxygens (including phenoxy) is 6. The minimum absolute atomic E-state index is 0.0898. The Hall–Kier alpha value is -3.85. The predicted molar refractivity (Wildman–Crippen MR) is 138 cm³/mol. The molecular formula is C29H34O9. The Balaban J connectivity index is 1.86. The van der Waals surface area contributed by atoms with E-state index < -0.39 is 23.3 Å². The molecule has 0 fully saturated rings. The van der Waals surface area contributed by atoms with E-state index in [9.17, 15) is 14.4 Å². The molecule has 0 saturated heterocycles. The molecule has 1 aliphatic carbocycles. The van der Waals surface area contributed by atoms with Gasteiger partial charge in [-0.3, -0.25) is 0 Å². The number of rotatable bonds is 12. The molecule has 3 rings (SSSR count). The van der Waals surface area contributed by atoms with Crippen molar-refractivity contribution in [3.05, 3.63) is 71.8 Å². The zero-order valence-corrected chi connectivity index (χ0v) is 22.1. The van der Waals surface area contributed by atoms with Crippen LogP contribution < -0.4 is 9.47 Å². The van der Waals surface area contributed by atoms with Crippen molar-refractivity contribution in [3.63, 3.8) is 0 Å². The maximum Gasteiger partial charge on any atom is 0.343 e. The van der Waals surface area contributed by atoms with Gasteiger partial charge in [-0.05, 0) is 54.2 Å². The summed E-state index contributed by atoms with van der Waals surface area (Å²) in [6, 6.07) is 15.3. The molecular weight excluding hydrogens is 492 g/mol. The van der Waals surface area contributed by atoms with E-state index >= 15 is 0 Å². The summed E-state index contributed by atoms with van der Waals surface area (Å²) in [6.45, 7) is 1.75. The monoisotopic (exact) mass is 526 g/mol. The highest BCUT2D eigenvalue weighted by molar-refractivity contribution is 5.71. The second kappa shape index (κ2) is 13.6. The molecule has 0 aliphatic heterocycles. The maximum absolute atomic E-state index is 11.5. The van der Waals surface area contributed by atoms with Crippen LogP contribution in [0.4, 0.5) is 0 Å². The van der Waals surface area contributed by atoms with Gasteiger partial charge in [0.1, 0.15) is 18.1 Å². The Kier molecular flexibility index (Phi) is 10.3. The summed E-state index contributed by atoms with van der Waals surface area (Å²) in [5.41, 5.74) is 1.66. The highest BCUT2D eigenvalue weighted by Crippen LogP contribution is 2.44. The lowest BCUT2D eigenvalue weighted by Gasteiger charge is -2.40.